The topological polar surface area (TPSA) is 130 Å². The lowest BCUT2D eigenvalue weighted by molar-refractivity contribution is -0.144. The second-order valence-corrected chi connectivity index (χ2v) is 7.06. The zero-order chi connectivity index (χ0) is 18.9. The van der Waals surface area contributed by atoms with Crippen LogP contribution in [0.2, 0.25) is 0 Å². The molecular formula is C16H23NO7S. The maximum Gasteiger partial charge on any atom is 0.326 e. The Balaban J connectivity index is 2.85. The number of hydrogen-bond acceptors (Lipinski definition) is 5. The minimum Gasteiger partial charge on any atom is -0.480 e. The third-order valence-corrected chi connectivity index (χ3v) is 4.15. The number of carboxylic acids is 1. The lowest BCUT2D eigenvalue weighted by Gasteiger charge is -2.21. The SMILES string of the molecule is CCCCOC(C(=O)N[C@@H](CCS(=O)(=O)O)C(=O)O)c1ccccc1. The van der Waals surface area contributed by atoms with E-state index in [4.69, 9.17) is 14.4 Å². The number of carboxylic acid groups (broad SMARTS) is 1. The Morgan fingerprint density at radius 3 is 2.40 bits per heavy atom. The Morgan fingerprint density at radius 1 is 1.24 bits per heavy atom. The highest BCUT2D eigenvalue weighted by Crippen LogP contribution is 2.18. The van der Waals surface area contributed by atoms with Crippen LogP contribution >= 0.6 is 0 Å². The van der Waals surface area contributed by atoms with Gasteiger partial charge in [-0.25, -0.2) is 4.79 Å². The summed E-state index contributed by atoms with van der Waals surface area (Å²) in [5.41, 5.74) is 0.565. The van der Waals surface area contributed by atoms with E-state index >= 15 is 0 Å². The summed E-state index contributed by atoms with van der Waals surface area (Å²) >= 11 is 0. The first-order valence-corrected chi connectivity index (χ1v) is 9.50. The molecular weight excluding hydrogens is 350 g/mol. The number of rotatable bonds is 11. The van der Waals surface area contributed by atoms with Crippen LogP contribution in [0.5, 0.6) is 0 Å². The van der Waals surface area contributed by atoms with Crippen molar-refractivity contribution in [3.8, 4) is 0 Å². The Labute approximate surface area is 146 Å². The van der Waals surface area contributed by atoms with Crippen molar-refractivity contribution >= 4 is 22.0 Å². The van der Waals surface area contributed by atoms with Gasteiger partial charge in [0.05, 0.1) is 5.75 Å². The first-order valence-electron chi connectivity index (χ1n) is 7.89. The highest BCUT2D eigenvalue weighted by Gasteiger charge is 2.27. The molecule has 0 aliphatic carbocycles. The monoisotopic (exact) mass is 373 g/mol. The number of nitrogens with one attached hydrogen (secondary N) is 1. The molecule has 9 heteroatoms. The smallest absolute Gasteiger partial charge is 0.326 e. The minimum atomic E-state index is -4.32. The molecule has 25 heavy (non-hydrogen) atoms. The predicted octanol–water partition coefficient (Wildman–Crippen LogP) is 1.39. The molecule has 3 N–H and O–H groups in total. The van der Waals surface area contributed by atoms with Crippen LogP contribution in [0.15, 0.2) is 30.3 Å². The number of aliphatic carboxylic acids is 1. The molecule has 140 valence electrons. The summed E-state index contributed by atoms with van der Waals surface area (Å²) in [6, 6.07) is 7.15. The predicted molar refractivity (Wildman–Crippen MR) is 90.6 cm³/mol. The number of benzene rings is 1. The summed E-state index contributed by atoms with van der Waals surface area (Å²) in [4.78, 5) is 23.7. The molecule has 2 atom stereocenters. The van der Waals surface area contributed by atoms with Gasteiger partial charge in [0.2, 0.25) is 0 Å². The summed E-state index contributed by atoms with van der Waals surface area (Å²) in [6.07, 6.45) is 0.160. The van der Waals surface area contributed by atoms with E-state index in [0.717, 1.165) is 12.8 Å². The van der Waals surface area contributed by atoms with Crippen molar-refractivity contribution in [2.45, 2.75) is 38.3 Å². The van der Waals surface area contributed by atoms with E-state index in [0.29, 0.717) is 12.2 Å². The van der Waals surface area contributed by atoms with Gasteiger partial charge in [0.1, 0.15) is 6.04 Å². The van der Waals surface area contributed by atoms with Gasteiger partial charge in [-0.3, -0.25) is 9.35 Å². The molecule has 1 rings (SSSR count). The van der Waals surface area contributed by atoms with Crippen molar-refractivity contribution in [2.75, 3.05) is 12.4 Å². The quantitative estimate of drug-likeness (QED) is 0.395. The van der Waals surface area contributed by atoms with Crippen LogP contribution in [0.25, 0.3) is 0 Å². The number of carbonyl (C=O) groups excluding carboxylic acids is 1. The average molecular weight is 373 g/mol. The van der Waals surface area contributed by atoms with Gasteiger partial charge in [0, 0.05) is 6.61 Å². The Bertz CT molecular complexity index is 660. The Morgan fingerprint density at radius 2 is 1.88 bits per heavy atom. The Hall–Kier alpha value is -1.97. The third kappa shape index (κ3) is 8.10. The molecule has 0 aliphatic heterocycles. The second kappa shape index (κ2) is 10.1. The van der Waals surface area contributed by atoms with Crippen LogP contribution in [0, 0.1) is 0 Å². The number of ether oxygens (including phenoxy) is 1. The van der Waals surface area contributed by atoms with Crippen molar-refractivity contribution in [1.29, 1.82) is 0 Å². The summed E-state index contributed by atoms with van der Waals surface area (Å²) in [7, 11) is -4.32. The molecule has 1 aromatic carbocycles. The highest BCUT2D eigenvalue weighted by atomic mass is 32.2. The second-order valence-electron chi connectivity index (χ2n) is 5.49. The lowest BCUT2D eigenvalue weighted by Crippen LogP contribution is -2.44. The van der Waals surface area contributed by atoms with Gasteiger partial charge in [-0.1, -0.05) is 43.7 Å². The highest BCUT2D eigenvalue weighted by molar-refractivity contribution is 7.85. The number of hydrogen-bond donors (Lipinski definition) is 3. The van der Waals surface area contributed by atoms with E-state index in [1.807, 2.05) is 6.92 Å². The van der Waals surface area contributed by atoms with Crippen LogP contribution in [0.4, 0.5) is 0 Å². The van der Waals surface area contributed by atoms with Gasteiger partial charge < -0.3 is 15.2 Å². The molecule has 0 heterocycles. The van der Waals surface area contributed by atoms with Gasteiger partial charge in [0.25, 0.3) is 16.0 Å². The average Bonchev–Trinajstić information content (AvgIpc) is 2.55. The summed E-state index contributed by atoms with van der Waals surface area (Å²) < 4.78 is 35.9. The fourth-order valence-corrected chi connectivity index (χ4v) is 2.60. The van der Waals surface area contributed by atoms with Gasteiger partial charge in [-0.2, -0.15) is 8.42 Å². The van der Waals surface area contributed by atoms with Gasteiger partial charge in [-0.05, 0) is 18.4 Å². The van der Waals surface area contributed by atoms with Gasteiger partial charge in [-0.15, -0.1) is 0 Å². The summed E-state index contributed by atoms with van der Waals surface area (Å²) in [6.45, 7) is 2.29. The van der Waals surface area contributed by atoms with Crippen LogP contribution in [0.1, 0.15) is 37.9 Å². The molecule has 1 aromatic rings. The van der Waals surface area contributed by atoms with Crippen LogP contribution in [0.3, 0.4) is 0 Å². The molecule has 8 nitrogen and oxygen atoms in total. The molecule has 0 saturated heterocycles. The van der Waals surface area contributed by atoms with E-state index in [1.54, 1.807) is 30.3 Å². The van der Waals surface area contributed by atoms with Gasteiger partial charge >= 0.3 is 5.97 Å². The van der Waals surface area contributed by atoms with E-state index < -0.39 is 46.3 Å². The molecule has 1 amide bonds. The Kier molecular flexibility index (Phi) is 8.53. The van der Waals surface area contributed by atoms with E-state index in [-0.39, 0.29) is 0 Å². The summed E-state index contributed by atoms with van der Waals surface area (Å²) in [5, 5.41) is 11.4. The van der Waals surface area contributed by atoms with Crippen LogP contribution in [-0.4, -0.2) is 48.4 Å². The minimum absolute atomic E-state index is 0.326. The van der Waals surface area contributed by atoms with E-state index in [1.165, 1.54) is 0 Å². The third-order valence-electron chi connectivity index (χ3n) is 3.40. The maximum absolute atomic E-state index is 12.5. The van der Waals surface area contributed by atoms with Crippen molar-refractivity contribution in [2.24, 2.45) is 0 Å². The van der Waals surface area contributed by atoms with E-state index in [9.17, 15) is 18.0 Å². The molecule has 0 aromatic heterocycles. The normalized spacial score (nSPS) is 13.8. The molecule has 0 spiro atoms. The van der Waals surface area contributed by atoms with Crippen molar-refractivity contribution in [3.05, 3.63) is 35.9 Å². The molecule has 0 aliphatic rings. The lowest BCUT2D eigenvalue weighted by atomic mass is 10.1. The maximum atomic E-state index is 12.5. The molecule has 0 radical (unpaired) electrons. The number of carbonyl (C=O) groups is 2. The largest absolute Gasteiger partial charge is 0.480 e. The number of amides is 1. The van der Waals surface area contributed by atoms with Crippen LogP contribution < -0.4 is 5.32 Å². The molecule has 0 fully saturated rings. The van der Waals surface area contributed by atoms with Crippen molar-refractivity contribution in [1.82, 2.24) is 5.32 Å². The number of unbranched alkanes of at least 4 members (excludes halogenated alkanes) is 1. The standard InChI is InChI=1S/C16H23NO7S/c1-2-3-10-24-14(12-7-5-4-6-8-12)15(18)17-13(16(19)20)9-11-25(21,22)23/h4-8,13-14H,2-3,9-11H2,1H3,(H,17,18)(H,19,20)(H,21,22,23)/t13-,14?/m0/s1. The summed E-state index contributed by atoms with van der Waals surface area (Å²) in [5.74, 6) is -2.83. The molecule has 1 unspecified atom stereocenters. The molecule has 0 bridgehead atoms. The van der Waals surface area contributed by atoms with Crippen molar-refractivity contribution in [3.63, 3.8) is 0 Å². The first-order chi connectivity index (χ1) is 11.7. The fraction of sp³-hybridized carbons (Fsp3) is 0.500. The zero-order valence-corrected chi connectivity index (χ0v) is 14.7. The fourth-order valence-electron chi connectivity index (χ4n) is 2.07. The van der Waals surface area contributed by atoms with E-state index in [2.05, 4.69) is 5.32 Å². The van der Waals surface area contributed by atoms with Crippen LogP contribution in [-0.2, 0) is 24.4 Å². The van der Waals surface area contributed by atoms with Crippen molar-refractivity contribution < 1.29 is 32.4 Å². The zero-order valence-electron chi connectivity index (χ0n) is 13.9. The van der Waals surface area contributed by atoms with Gasteiger partial charge in [0.15, 0.2) is 6.10 Å². The first kappa shape index (κ1) is 21.1. The molecule has 0 saturated carbocycles.